The summed E-state index contributed by atoms with van der Waals surface area (Å²) in [5.74, 6) is 2.87. The van der Waals surface area contributed by atoms with Gasteiger partial charge >= 0.3 is 0 Å². The van der Waals surface area contributed by atoms with Crippen LogP contribution in [0.15, 0.2) is 47.3 Å². The van der Waals surface area contributed by atoms with E-state index < -0.39 is 0 Å². The van der Waals surface area contributed by atoms with Gasteiger partial charge in [0.25, 0.3) is 0 Å². The molecule has 0 radical (unpaired) electrons. The average molecular weight is 325 g/mol. The lowest BCUT2D eigenvalue weighted by atomic mass is 9.83. The first kappa shape index (κ1) is 15.9. The van der Waals surface area contributed by atoms with Gasteiger partial charge in [-0.05, 0) is 74.5 Å². The first-order valence-corrected chi connectivity index (χ1v) is 9.23. The van der Waals surface area contributed by atoms with Gasteiger partial charge in [-0.25, -0.2) is 0 Å². The van der Waals surface area contributed by atoms with Crippen molar-refractivity contribution >= 4 is 0 Å². The van der Waals surface area contributed by atoms with Gasteiger partial charge in [-0.3, -0.25) is 14.8 Å². The molecule has 4 heterocycles. The van der Waals surface area contributed by atoms with Crippen LogP contribution in [0.4, 0.5) is 0 Å². The fraction of sp³-hybridized carbons (Fsp3) is 0.550. The SMILES string of the molecule is c1cncc(CN2CCC(C3CCN(Cc4ccco4)C3)CC2)c1. The van der Waals surface area contributed by atoms with Crippen molar-refractivity contribution < 1.29 is 4.42 Å². The molecule has 0 amide bonds. The molecule has 1 atom stereocenters. The molecule has 0 aliphatic carbocycles. The molecule has 4 nitrogen and oxygen atoms in total. The number of hydrogen-bond donors (Lipinski definition) is 0. The van der Waals surface area contributed by atoms with E-state index in [4.69, 9.17) is 4.42 Å². The summed E-state index contributed by atoms with van der Waals surface area (Å²) in [6.45, 7) is 6.96. The number of likely N-dealkylation sites (tertiary alicyclic amines) is 2. The van der Waals surface area contributed by atoms with Gasteiger partial charge in [0.2, 0.25) is 0 Å². The zero-order valence-electron chi connectivity index (χ0n) is 14.3. The molecule has 1 unspecified atom stereocenters. The average Bonchev–Trinajstić information content (AvgIpc) is 3.29. The topological polar surface area (TPSA) is 32.5 Å². The molecular formula is C20H27N3O. The summed E-state index contributed by atoms with van der Waals surface area (Å²) >= 11 is 0. The Morgan fingerprint density at radius 2 is 1.79 bits per heavy atom. The first-order valence-electron chi connectivity index (χ1n) is 9.23. The van der Waals surface area contributed by atoms with Crippen LogP contribution in [0.25, 0.3) is 0 Å². The van der Waals surface area contributed by atoms with Crippen LogP contribution in [0.5, 0.6) is 0 Å². The van der Waals surface area contributed by atoms with E-state index in [0.717, 1.165) is 30.7 Å². The van der Waals surface area contributed by atoms with E-state index in [1.807, 2.05) is 24.5 Å². The van der Waals surface area contributed by atoms with Crippen molar-refractivity contribution in [2.75, 3.05) is 26.2 Å². The monoisotopic (exact) mass is 325 g/mol. The minimum atomic E-state index is 0.875. The maximum atomic E-state index is 5.49. The third-order valence-electron chi connectivity index (χ3n) is 5.70. The van der Waals surface area contributed by atoms with Gasteiger partial charge in [-0.1, -0.05) is 6.07 Å². The second kappa shape index (κ2) is 7.49. The second-order valence-electron chi connectivity index (χ2n) is 7.34. The Labute approximate surface area is 144 Å². The Bertz CT molecular complexity index is 605. The molecule has 4 rings (SSSR count). The van der Waals surface area contributed by atoms with Crippen LogP contribution >= 0.6 is 0 Å². The number of aromatic nitrogens is 1. The highest BCUT2D eigenvalue weighted by Crippen LogP contribution is 2.32. The summed E-state index contributed by atoms with van der Waals surface area (Å²) in [7, 11) is 0. The van der Waals surface area contributed by atoms with Crippen LogP contribution in [-0.4, -0.2) is 41.0 Å². The summed E-state index contributed by atoms with van der Waals surface area (Å²) in [5, 5.41) is 0. The van der Waals surface area contributed by atoms with E-state index in [1.54, 1.807) is 6.26 Å². The predicted molar refractivity (Wildman–Crippen MR) is 94.3 cm³/mol. The molecule has 2 aliphatic rings. The molecule has 2 aromatic heterocycles. The first-order chi connectivity index (χ1) is 11.9. The molecule has 0 spiro atoms. The summed E-state index contributed by atoms with van der Waals surface area (Å²) in [6, 6.07) is 8.29. The maximum absolute atomic E-state index is 5.49. The molecule has 2 fully saturated rings. The number of rotatable bonds is 5. The molecule has 0 N–H and O–H groups in total. The smallest absolute Gasteiger partial charge is 0.117 e. The molecule has 0 aromatic carbocycles. The Balaban J connectivity index is 1.23. The maximum Gasteiger partial charge on any atom is 0.117 e. The fourth-order valence-electron chi connectivity index (χ4n) is 4.35. The van der Waals surface area contributed by atoms with Crippen molar-refractivity contribution in [2.45, 2.75) is 32.4 Å². The van der Waals surface area contributed by atoms with E-state index >= 15 is 0 Å². The number of piperidine rings is 1. The highest BCUT2D eigenvalue weighted by atomic mass is 16.3. The van der Waals surface area contributed by atoms with Crippen molar-refractivity contribution in [3.05, 3.63) is 54.2 Å². The Hall–Kier alpha value is -1.65. The van der Waals surface area contributed by atoms with Gasteiger partial charge in [0.15, 0.2) is 0 Å². The van der Waals surface area contributed by atoms with Crippen molar-refractivity contribution in [1.82, 2.24) is 14.8 Å². The molecule has 0 bridgehead atoms. The molecule has 2 aliphatic heterocycles. The Morgan fingerprint density at radius 1 is 0.958 bits per heavy atom. The molecule has 4 heteroatoms. The zero-order chi connectivity index (χ0) is 16.2. The summed E-state index contributed by atoms with van der Waals surface area (Å²) in [5.41, 5.74) is 1.33. The van der Waals surface area contributed by atoms with Crippen molar-refractivity contribution in [3.8, 4) is 0 Å². The summed E-state index contributed by atoms with van der Waals surface area (Å²) in [4.78, 5) is 9.37. The summed E-state index contributed by atoms with van der Waals surface area (Å²) < 4.78 is 5.49. The van der Waals surface area contributed by atoms with Gasteiger partial charge in [0.05, 0.1) is 12.8 Å². The number of pyridine rings is 1. The summed E-state index contributed by atoms with van der Waals surface area (Å²) in [6.07, 6.45) is 9.67. The lowest BCUT2D eigenvalue weighted by Gasteiger charge is -2.34. The van der Waals surface area contributed by atoms with Gasteiger partial charge in [-0.15, -0.1) is 0 Å². The van der Waals surface area contributed by atoms with Crippen LogP contribution in [0.1, 0.15) is 30.6 Å². The molecule has 2 saturated heterocycles. The van der Waals surface area contributed by atoms with E-state index in [2.05, 4.69) is 26.9 Å². The van der Waals surface area contributed by atoms with Gasteiger partial charge in [0.1, 0.15) is 5.76 Å². The normalized spacial score (nSPS) is 23.8. The molecule has 24 heavy (non-hydrogen) atoms. The van der Waals surface area contributed by atoms with Gasteiger partial charge in [-0.2, -0.15) is 0 Å². The minimum Gasteiger partial charge on any atom is -0.468 e. The standard InChI is InChI=1S/C20H27N3O/c1-3-17(13-21-8-1)14-22-9-5-18(6-10-22)19-7-11-23(15-19)16-20-4-2-12-24-20/h1-4,8,12-13,18-19H,5-7,9-11,14-16H2. The van der Waals surface area contributed by atoms with Crippen molar-refractivity contribution in [3.63, 3.8) is 0 Å². The molecule has 128 valence electrons. The lowest BCUT2D eigenvalue weighted by molar-refractivity contribution is 0.140. The van der Waals surface area contributed by atoms with Gasteiger partial charge < -0.3 is 4.42 Å². The number of hydrogen-bond acceptors (Lipinski definition) is 4. The Kier molecular flexibility index (Phi) is 4.95. The number of nitrogens with zero attached hydrogens (tertiary/aromatic N) is 3. The van der Waals surface area contributed by atoms with Crippen LogP contribution in [0.3, 0.4) is 0 Å². The molecule has 2 aromatic rings. The third-order valence-corrected chi connectivity index (χ3v) is 5.70. The highest BCUT2D eigenvalue weighted by Gasteiger charge is 2.32. The quantitative estimate of drug-likeness (QED) is 0.843. The Morgan fingerprint density at radius 3 is 2.54 bits per heavy atom. The second-order valence-corrected chi connectivity index (χ2v) is 7.34. The van der Waals surface area contributed by atoms with Crippen LogP contribution in [-0.2, 0) is 13.1 Å². The molecular weight excluding hydrogens is 298 g/mol. The fourth-order valence-corrected chi connectivity index (χ4v) is 4.35. The highest BCUT2D eigenvalue weighted by molar-refractivity contribution is 5.08. The lowest BCUT2D eigenvalue weighted by Crippen LogP contribution is -2.36. The van der Waals surface area contributed by atoms with Crippen LogP contribution < -0.4 is 0 Å². The van der Waals surface area contributed by atoms with E-state index in [-0.39, 0.29) is 0 Å². The van der Waals surface area contributed by atoms with Crippen molar-refractivity contribution in [2.24, 2.45) is 11.8 Å². The molecule has 0 saturated carbocycles. The third kappa shape index (κ3) is 3.87. The predicted octanol–water partition coefficient (Wildman–Crippen LogP) is 3.41. The van der Waals surface area contributed by atoms with E-state index in [9.17, 15) is 0 Å². The van der Waals surface area contributed by atoms with E-state index in [0.29, 0.717) is 0 Å². The number of furan rings is 1. The zero-order valence-corrected chi connectivity index (χ0v) is 14.3. The van der Waals surface area contributed by atoms with Crippen LogP contribution in [0, 0.1) is 11.8 Å². The van der Waals surface area contributed by atoms with Gasteiger partial charge in [0, 0.05) is 25.5 Å². The largest absolute Gasteiger partial charge is 0.468 e. The van der Waals surface area contributed by atoms with Crippen LogP contribution in [0.2, 0.25) is 0 Å². The van der Waals surface area contributed by atoms with Crippen molar-refractivity contribution in [1.29, 1.82) is 0 Å². The minimum absolute atomic E-state index is 0.875. The van der Waals surface area contributed by atoms with E-state index in [1.165, 1.54) is 51.0 Å².